The van der Waals surface area contributed by atoms with Gasteiger partial charge < -0.3 is 9.84 Å². The maximum absolute atomic E-state index is 11.2. The van der Waals surface area contributed by atoms with E-state index in [1.54, 1.807) is 13.0 Å². The van der Waals surface area contributed by atoms with Gasteiger partial charge in [0.2, 0.25) is 5.71 Å². The number of rotatable bonds is 5. The molecule has 1 aromatic rings. The van der Waals surface area contributed by atoms with Crippen molar-refractivity contribution in [2.75, 3.05) is 12.0 Å². The number of benzene rings is 1. The van der Waals surface area contributed by atoms with E-state index in [0.717, 1.165) is 0 Å². The van der Waals surface area contributed by atoms with Gasteiger partial charge in [0.25, 0.3) is 0 Å². The number of esters is 1. The molecule has 0 atom stereocenters. The zero-order chi connectivity index (χ0) is 14.3. The van der Waals surface area contributed by atoms with Crippen LogP contribution < -0.4 is 5.43 Å². The number of hydrogen-bond acceptors (Lipinski definition) is 6. The smallest absolute Gasteiger partial charge is 0.369 e. The summed E-state index contributed by atoms with van der Waals surface area (Å²) >= 11 is 0. The molecule has 7 nitrogen and oxygen atoms in total. The number of nitrogens with one attached hydrogen (secondary N) is 1. The third-order valence-electron chi connectivity index (χ3n) is 2.00. The average molecular weight is 261 g/mol. The van der Waals surface area contributed by atoms with Crippen molar-refractivity contribution in [3.63, 3.8) is 0 Å². The van der Waals surface area contributed by atoms with Crippen LogP contribution in [0.3, 0.4) is 0 Å². The molecule has 0 aliphatic rings. The van der Waals surface area contributed by atoms with Crippen LogP contribution in [-0.2, 0) is 9.53 Å². The molecule has 0 heterocycles. The van der Waals surface area contributed by atoms with Crippen LogP contribution in [0.4, 0.5) is 5.69 Å². The molecule has 7 heteroatoms. The second-order valence-corrected chi connectivity index (χ2v) is 3.29. The summed E-state index contributed by atoms with van der Waals surface area (Å²) in [7, 11) is 0. The van der Waals surface area contributed by atoms with Crippen molar-refractivity contribution < 1.29 is 19.4 Å². The van der Waals surface area contributed by atoms with E-state index in [9.17, 15) is 9.59 Å². The molecule has 98 valence electrons. The lowest BCUT2D eigenvalue weighted by molar-refractivity contribution is -0.134. The van der Waals surface area contributed by atoms with E-state index >= 15 is 0 Å². The molecule has 0 spiro atoms. The summed E-state index contributed by atoms with van der Waals surface area (Å²) in [5, 5.41) is 21.0. The Kier molecular flexibility index (Phi) is 5.04. The molecule has 0 radical (unpaired) electrons. The van der Waals surface area contributed by atoms with Gasteiger partial charge in [0.15, 0.2) is 0 Å². The molecule has 0 fully saturated rings. The van der Waals surface area contributed by atoms with Crippen molar-refractivity contribution in [2.24, 2.45) is 5.10 Å². The van der Waals surface area contributed by atoms with Crippen molar-refractivity contribution >= 4 is 23.3 Å². The standard InChI is InChI=1S/C12H11N3O4/c1-2-19-12(18)10(7-13)15-14-9-5-3-8(4-6-9)11(16)17/h3-6,14H,2H2,1H3,(H,16,17)/b15-10-. The lowest BCUT2D eigenvalue weighted by Gasteiger charge is -2.02. The predicted octanol–water partition coefficient (Wildman–Crippen LogP) is 1.24. The fraction of sp³-hybridized carbons (Fsp3) is 0.167. The summed E-state index contributed by atoms with van der Waals surface area (Å²) in [6, 6.07) is 7.28. The highest BCUT2D eigenvalue weighted by Gasteiger charge is 2.11. The van der Waals surface area contributed by atoms with Crippen molar-refractivity contribution in [1.29, 1.82) is 5.26 Å². The molecule has 0 bridgehead atoms. The number of ether oxygens (including phenoxy) is 1. The van der Waals surface area contributed by atoms with Crippen LogP contribution in [0.5, 0.6) is 0 Å². The molecule has 0 unspecified atom stereocenters. The monoisotopic (exact) mass is 261 g/mol. The number of nitrogens with zero attached hydrogens (tertiary/aromatic N) is 2. The van der Waals surface area contributed by atoms with Gasteiger partial charge in [-0.2, -0.15) is 10.4 Å². The Bertz CT molecular complexity index is 543. The molecular formula is C12H11N3O4. The maximum Gasteiger partial charge on any atom is 0.369 e. The molecule has 0 saturated carbocycles. The van der Waals surface area contributed by atoms with Crippen LogP contribution in [0.2, 0.25) is 0 Å². The molecule has 0 aliphatic heterocycles. The average Bonchev–Trinajstić information content (AvgIpc) is 2.40. The van der Waals surface area contributed by atoms with E-state index < -0.39 is 17.7 Å². The molecule has 1 aromatic carbocycles. The predicted molar refractivity (Wildman–Crippen MR) is 66.7 cm³/mol. The molecular weight excluding hydrogens is 250 g/mol. The van der Waals surface area contributed by atoms with Gasteiger partial charge in [-0.1, -0.05) is 0 Å². The van der Waals surface area contributed by atoms with Gasteiger partial charge in [0.1, 0.15) is 6.07 Å². The zero-order valence-corrected chi connectivity index (χ0v) is 10.1. The van der Waals surface area contributed by atoms with Crippen molar-refractivity contribution in [3.8, 4) is 6.07 Å². The van der Waals surface area contributed by atoms with E-state index in [0.29, 0.717) is 5.69 Å². The van der Waals surface area contributed by atoms with Gasteiger partial charge in [0.05, 0.1) is 17.9 Å². The van der Waals surface area contributed by atoms with E-state index in [4.69, 9.17) is 10.4 Å². The van der Waals surface area contributed by atoms with Crippen LogP contribution in [0, 0.1) is 11.3 Å². The molecule has 0 amide bonds. The lowest BCUT2D eigenvalue weighted by Crippen LogP contribution is -2.17. The highest BCUT2D eigenvalue weighted by atomic mass is 16.5. The number of nitriles is 1. The number of carbonyl (C=O) groups is 2. The Labute approximate surface area is 109 Å². The van der Waals surface area contributed by atoms with Crippen molar-refractivity contribution in [3.05, 3.63) is 29.8 Å². The molecule has 0 saturated heterocycles. The quantitative estimate of drug-likeness (QED) is 0.468. The van der Waals surface area contributed by atoms with Crippen LogP contribution in [0.1, 0.15) is 17.3 Å². The minimum Gasteiger partial charge on any atom is -0.478 e. The van der Waals surface area contributed by atoms with E-state index in [1.807, 2.05) is 0 Å². The van der Waals surface area contributed by atoms with Crippen molar-refractivity contribution in [2.45, 2.75) is 6.92 Å². The number of aromatic carboxylic acids is 1. The summed E-state index contributed by atoms with van der Waals surface area (Å²) in [6.07, 6.45) is 0. The first-order valence-corrected chi connectivity index (χ1v) is 5.32. The summed E-state index contributed by atoms with van der Waals surface area (Å²) < 4.78 is 4.62. The highest BCUT2D eigenvalue weighted by molar-refractivity contribution is 6.43. The van der Waals surface area contributed by atoms with E-state index in [1.165, 1.54) is 24.3 Å². The van der Waals surface area contributed by atoms with Gasteiger partial charge in [-0.05, 0) is 31.2 Å². The summed E-state index contributed by atoms with van der Waals surface area (Å²) in [6.45, 7) is 1.76. The van der Waals surface area contributed by atoms with E-state index in [-0.39, 0.29) is 12.2 Å². The number of anilines is 1. The molecule has 0 aromatic heterocycles. The summed E-state index contributed by atoms with van der Waals surface area (Å²) in [5.41, 5.74) is 2.63. The first-order valence-electron chi connectivity index (χ1n) is 5.32. The molecule has 19 heavy (non-hydrogen) atoms. The largest absolute Gasteiger partial charge is 0.478 e. The second-order valence-electron chi connectivity index (χ2n) is 3.29. The van der Waals surface area contributed by atoms with Crippen LogP contribution in [0.25, 0.3) is 0 Å². The fourth-order valence-electron chi connectivity index (χ4n) is 1.12. The van der Waals surface area contributed by atoms with Crippen LogP contribution in [0.15, 0.2) is 29.4 Å². The Hall–Kier alpha value is -2.88. The Morgan fingerprint density at radius 1 is 1.42 bits per heavy atom. The molecule has 1 rings (SSSR count). The van der Waals surface area contributed by atoms with Crippen LogP contribution in [-0.4, -0.2) is 29.4 Å². The highest BCUT2D eigenvalue weighted by Crippen LogP contribution is 2.09. The molecule has 0 aliphatic carbocycles. The van der Waals surface area contributed by atoms with Gasteiger partial charge in [-0.15, -0.1) is 0 Å². The third-order valence-corrected chi connectivity index (χ3v) is 2.00. The number of carbonyl (C=O) groups excluding carboxylic acids is 1. The maximum atomic E-state index is 11.2. The first-order chi connectivity index (χ1) is 9.08. The van der Waals surface area contributed by atoms with Gasteiger partial charge in [0, 0.05) is 0 Å². The number of hydrogen-bond donors (Lipinski definition) is 2. The minimum atomic E-state index is -1.04. The normalized spacial score (nSPS) is 10.4. The lowest BCUT2D eigenvalue weighted by atomic mass is 10.2. The van der Waals surface area contributed by atoms with Crippen molar-refractivity contribution in [1.82, 2.24) is 0 Å². The summed E-state index contributed by atoms with van der Waals surface area (Å²) in [5.74, 6) is -1.86. The van der Waals surface area contributed by atoms with Gasteiger partial charge in [-0.3, -0.25) is 5.43 Å². The minimum absolute atomic E-state index is 0.125. The number of hydrazone groups is 1. The second kappa shape index (κ2) is 6.76. The topological polar surface area (TPSA) is 112 Å². The first kappa shape index (κ1) is 14.2. The Balaban J connectivity index is 2.76. The fourth-order valence-corrected chi connectivity index (χ4v) is 1.12. The number of carboxylic acid groups (broad SMARTS) is 1. The van der Waals surface area contributed by atoms with Crippen LogP contribution >= 0.6 is 0 Å². The molecule has 2 N–H and O–H groups in total. The third kappa shape index (κ3) is 4.12. The Morgan fingerprint density at radius 3 is 2.53 bits per heavy atom. The summed E-state index contributed by atoms with van der Waals surface area (Å²) in [4.78, 5) is 21.9. The Morgan fingerprint density at radius 2 is 2.05 bits per heavy atom. The SMILES string of the molecule is CCOC(=O)/C(C#N)=N\Nc1ccc(C(=O)O)cc1. The van der Waals surface area contributed by atoms with Gasteiger partial charge >= 0.3 is 11.9 Å². The van der Waals surface area contributed by atoms with Gasteiger partial charge in [-0.25, -0.2) is 9.59 Å². The zero-order valence-electron chi connectivity index (χ0n) is 10.1. The number of carboxylic acids is 1. The van der Waals surface area contributed by atoms with E-state index in [2.05, 4.69) is 15.3 Å².